The second-order valence-corrected chi connectivity index (χ2v) is 7.60. The molecule has 0 atom stereocenters. The monoisotopic (exact) mass is 399 g/mol. The van der Waals surface area contributed by atoms with Gasteiger partial charge in [0.25, 0.3) is 10.2 Å². The van der Waals surface area contributed by atoms with E-state index in [2.05, 4.69) is 14.8 Å². The molecule has 0 aliphatic heterocycles. The number of nitrogens with one attached hydrogen (secondary N) is 3. The molecule has 2 rings (SSSR count). The highest BCUT2D eigenvalue weighted by Crippen LogP contribution is 2.36. The first-order valence-corrected chi connectivity index (χ1v) is 9.36. The Balaban J connectivity index is 1.92. The van der Waals surface area contributed by atoms with Gasteiger partial charge in [-0.2, -0.15) is 31.0 Å². The van der Waals surface area contributed by atoms with Gasteiger partial charge in [0.05, 0.1) is 17.1 Å². The lowest BCUT2D eigenvalue weighted by Crippen LogP contribution is -2.44. The maximum Gasteiger partial charge on any atom is 0.417 e. The van der Waals surface area contributed by atoms with Crippen molar-refractivity contribution in [1.82, 2.24) is 9.44 Å². The van der Waals surface area contributed by atoms with E-state index in [1.54, 1.807) is 0 Å². The molecule has 140 valence electrons. The third-order valence-corrected chi connectivity index (χ3v) is 5.15. The summed E-state index contributed by atoms with van der Waals surface area (Å²) < 4.78 is 66.4. The normalized spacial score (nSPS) is 16.2. The van der Waals surface area contributed by atoms with Gasteiger partial charge in [-0.3, -0.25) is 4.79 Å². The summed E-state index contributed by atoms with van der Waals surface area (Å²) in [5.41, 5.74) is -1.22. The molecule has 11 heteroatoms. The van der Waals surface area contributed by atoms with Crippen LogP contribution in [0.5, 0.6) is 0 Å². The fourth-order valence-corrected chi connectivity index (χ4v) is 3.79. The van der Waals surface area contributed by atoms with Gasteiger partial charge >= 0.3 is 6.18 Å². The molecule has 0 bridgehead atoms. The Kier molecular flexibility index (Phi) is 6.30. The van der Waals surface area contributed by atoms with Crippen molar-refractivity contribution >= 4 is 33.4 Å². The van der Waals surface area contributed by atoms with E-state index in [4.69, 9.17) is 11.6 Å². The van der Waals surface area contributed by atoms with Crippen molar-refractivity contribution in [2.24, 2.45) is 0 Å². The largest absolute Gasteiger partial charge is 0.417 e. The zero-order chi connectivity index (χ0) is 18.7. The van der Waals surface area contributed by atoms with Gasteiger partial charge in [0, 0.05) is 11.7 Å². The second kappa shape index (κ2) is 7.90. The number of benzene rings is 1. The van der Waals surface area contributed by atoms with E-state index in [0.29, 0.717) is 6.07 Å². The van der Waals surface area contributed by atoms with Crippen molar-refractivity contribution in [3.05, 3.63) is 28.8 Å². The molecule has 0 spiro atoms. The summed E-state index contributed by atoms with van der Waals surface area (Å²) in [5, 5.41) is 1.70. The van der Waals surface area contributed by atoms with Gasteiger partial charge in [-0.1, -0.05) is 24.4 Å². The maximum absolute atomic E-state index is 12.8. The van der Waals surface area contributed by atoms with Gasteiger partial charge in [-0.25, -0.2) is 0 Å². The zero-order valence-corrected chi connectivity index (χ0v) is 14.6. The predicted octanol–water partition coefficient (Wildman–Crippen LogP) is 2.66. The molecule has 1 amide bonds. The van der Waals surface area contributed by atoms with Crippen molar-refractivity contribution in [3.8, 4) is 0 Å². The Morgan fingerprint density at radius 3 is 2.48 bits per heavy atom. The van der Waals surface area contributed by atoms with Gasteiger partial charge in [-0.15, -0.1) is 0 Å². The summed E-state index contributed by atoms with van der Waals surface area (Å²) in [7, 11) is -3.85. The first-order valence-electron chi connectivity index (χ1n) is 7.50. The van der Waals surface area contributed by atoms with Crippen molar-refractivity contribution in [2.75, 3.05) is 11.9 Å². The summed E-state index contributed by atoms with van der Waals surface area (Å²) >= 11 is 5.49. The molecular weight excluding hydrogens is 383 g/mol. The molecule has 0 heterocycles. The number of hydrogen-bond donors (Lipinski definition) is 3. The highest BCUT2D eigenvalue weighted by Gasteiger charge is 2.33. The van der Waals surface area contributed by atoms with Crippen LogP contribution < -0.4 is 14.8 Å². The van der Waals surface area contributed by atoms with Crippen molar-refractivity contribution in [3.63, 3.8) is 0 Å². The topological polar surface area (TPSA) is 87.3 Å². The minimum absolute atomic E-state index is 0.135. The lowest BCUT2D eigenvalue weighted by Gasteiger charge is -2.14. The van der Waals surface area contributed by atoms with E-state index in [0.717, 1.165) is 31.7 Å². The van der Waals surface area contributed by atoms with Gasteiger partial charge < -0.3 is 5.32 Å². The number of hydrogen-bond acceptors (Lipinski definition) is 3. The molecule has 1 saturated carbocycles. The lowest BCUT2D eigenvalue weighted by molar-refractivity contribution is -0.137. The summed E-state index contributed by atoms with van der Waals surface area (Å²) in [4.78, 5) is 11.8. The number of amides is 1. The van der Waals surface area contributed by atoms with Gasteiger partial charge in [0.2, 0.25) is 5.91 Å². The van der Waals surface area contributed by atoms with Crippen LogP contribution in [0.4, 0.5) is 18.9 Å². The van der Waals surface area contributed by atoms with E-state index < -0.39 is 39.4 Å². The minimum Gasteiger partial charge on any atom is -0.325 e. The Hall–Kier alpha value is -1.36. The minimum atomic E-state index is -4.66. The van der Waals surface area contributed by atoms with Gasteiger partial charge in [0.1, 0.15) is 0 Å². The molecule has 0 saturated heterocycles. The number of anilines is 1. The Morgan fingerprint density at radius 2 is 1.88 bits per heavy atom. The maximum atomic E-state index is 12.8. The summed E-state index contributed by atoms with van der Waals surface area (Å²) in [6.07, 6.45) is -1.32. The van der Waals surface area contributed by atoms with Gasteiger partial charge in [0.15, 0.2) is 0 Å². The Morgan fingerprint density at radius 1 is 1.24 bits per heavy atom. The fourth-order valence-electron chi connectivity index (χ4n) is 2.49. The van der Waals surface area contributed by atoms with Crippen LogP contribution in [0, 0.1) is 0 Å². The van der Waals surface area contributed by atoms with E-state index in [1.807, 2.05) is 0 Å². The molecule has 1 aliphatic carbocycles. The Bertz CT molecular complexity index is 735. The van der Waals surface area contributed by atoms with E-state index in [9.17, 15) is 26.4 Å². The summed E-state index contributed by atoms with van der Waals surface area (Å²) in [5.74, 6) is -0.799. The van der Waals surface area contributed by atoms with E-state index in [1.165, 1.54) is 6.07 Å². The predicted molar refractivity (Wildman–Crippen MR) is 87.4 cm³/mol. The molecule has 1 aliphatic rings. The third-order valence-electron chi connectivity index (χ3n) is 3.66. The number of carbonyl (C=O) groups is 1. The highest BCUT2D eigenvalue weighted by molar-refractivity contribution is 7.87. The zero-order valence-electron chi connectivity index (χ0n) is 13.0. The molecule has 0 radical (unpaired) electrons. The van der Waals surface area contributed by atoms with Crippen LogP contribution in [0.1, 0.15) is 31.2 Å². The second-order valence-electron chi connectivity index (χ2n) is 5.66. The number of rotatable bonds is 6. The fraction of sp³-hybridized carbons (Fsp3) is 0.500. The van der Waals surface area contributed by atoms with Crippen molar-refractivity contribution in [2.45, 2.75) is 37.9 Å². The average Bonchev–Trinajstić information content (AvgIpc) is 2.98. The molecule has 1 aromatic rings. The summed E-state index contributed by atoms with van der Waals surface area (Å²) in [6.45, 7) is -0.605. The number of carbonyl (C=O) groups excluding carboxylic acids is 1. The SMILES string of the molecule is O=C(CNS(=O)(=O)NC1CCCC1)Nc1ccc(Cl)c(C(F)(F)F)c1. The molecule has 3 N–H and O–H groups in total. The molecule has 0 unspecified atom stereocenters. The molecule has 0 aromatic heterocycles. The third kappa shape index (κ3) is 6.14. The summed E-state index contributed by atoms with van der Waals surface area (Å²) in [6, 6.07) is 2.73. The van der Waals surface area contributed by atoms with Crippen LogP contribution in [-0.2, 0) is 21.2 Å². The van der Waals surface area contributed by atoms with Crippen LogP contribution in [0.3, 0.4) is 0 Å². The van der Waals surface area contributed by atoms with Crippen LogP contribution in [0.25, 0.3) is 0 Å². The quantitative estimate of drug-likeness (QED) is 0.687. The number of alkyl halides is 3. The average molecular weight is 400 g/mol. The van der Waals surface area contributed by atoms with Gasteiger partial charge in [-0.05, 0) is 31.0 Å². The van der Waals surface area contributed by atoms with Crippen molar-refractivity contribution < 1.29 is 26.4 Å². The first-order chi connectivity index (χ1) is 11.6. The molecular formula is C14H17ClF3N3O3S. The molecule has 1 aromatic carbocycles. The van der Waals surface area contributed by atoms with Crippen LogP contribution in [0.15, 0.2) is 18.2 Å². The van der Waals surface area contributed by atoms with Crippen LogP contribution >= 0.6 is 11.6 Å². The Labute approximate surface area is 148 Å². The van der Waals surface area contributed by atoms with Crippen molar-refractivity contribution in [1.29, 1.82) is 0 Å². The highest BCUT2D eigenvalue weighted by atomic mass is 35.5. The van der Waals surface area contributed by atoms with E-state index >= 15 is 0 Å². The van der Waals surface area contributed by atoms with Crippen LogP contribution in [-0.4, -0.2) is 26.9 Å². The molecule has 25 heavy (non-hydrogen) atoms. The first kappa shape index (κ1) is 20.0. The number of halogens is 4. The molecule has 1 fully saturated rings. The lowest BCUT2D eigenvalue weighted by atomic mass is 10.2. The van der Waals surface area contributed by atoms with Crippen LogP contribution in [0.2, 0.25) is 5.02 Å². The molecule has 6 nitrogen and oxygen atoms in total. The standard InChI is InChI=1S/C14H17ClF3N3O3S/c15-12-6-5-10(7-11(12)14(16,17)18)20-13(22)8-19-25(23,24)21-9-3-1-2-4-9/h5-7,9,19,21H,1-4,8H2,(H,20,22). The van der Waals surface area contributed by atoms with E-state index in [-0.39, 0.29) is 11.7 Å². The smallest absolute Gasteiger partial charge is 0.325 e.